The summed E-state index contributed by atoms with van der Waals surface area (Å²) in [6.45, 7) is 4.99. The number of guanidine groups is 1. The molecule has 29 heavy (non-hydrogen) atoms. The standard InChI is InChI=1S/C21H25ClN6.HI/c1-2-23-21(24-12-10-17-8-9-20(22)25-14-17)26-15-18-6-3-4-7-19(18)16-28-13-5-11-27-28;/h3-9,11,13-14H,2,10,12,15-16H2,1H3,(H2,23,24,26);1H. The molecule has 2 N–H and O–H groups in total. The van der Waals surface area contributed by atoms with Gasteiger partial charge in [0, 0.05) is 31.7 Å². The maximum Gasteiger partial charge on any atom is 0.191 e. The summed E-state index contributed by atoms with van der Waals surface area (Å²) in [4.78, 5) is 8.86. The van der Waals surface area contributed by atoms with E-state index in [1.807, 2.05) is 35.1 Å². The van der Waals surface area contributed by atoms with Crippen LogP contribution in [0.2, 0.25) is 5.15 Å². The van der Waals surface area contributed by atoms with Gasteiger partial charge in [0.05, 0.1) is 13.1 Å². The van der Waals surface area contributed by atoms with E-state index in [2.05, 4.69) is 45.8 Å². The maximum atomic E-state index is 5.83. The molecule has 0 unspecified atom stereocenters. The minimum absolute atomic E-state index is 0. The Morgan fingerprint density at radius 3 is 2.62 bits per heavy atom. The lowest BCUT2D eigenvalue weighted by Gasteiger charge is -2.12. The van der Waals surface area contributed by atoms with Crippen LogP contribution in [0.5, 0.6) is 0 Å². The van der Waals surface area contributed by atoms with Gasteiger partial charge in [0.2, 0.25) is 0 Å². The molecule has 0 bridgehead atoms. The van der Waals surface area contributed by atoms with Gasteiger partial charge < -0.3 is 10.6 Å². The Kier molecular flexibility index (Phi) is 9.93. The van der Waals surface area contributed by atoms with Crippen LogP contribution in [0.15, 0.2) is 66.0 Å². The van der Waals surface area contributed by atoms with Crippen LogP contribution in [0.1, 0.15) is 23.6 Å². The van der Waals surface area contributed by atoms with Gasteiger partial charge in [-0.1, -0.05) is 41.9 Å². The normalized spacial score (nSPS) is 11.0. The second-order valence-corrected chi connectivity index (χ2v) is 6.72. The van der Waals surface area contributed by atoms with Crippen molar-refractivity contribution in [3.8, 4) is 0 Å². The van der Waals surface area contributed by atoms with Crippen molar-refractivity contribution in [3.63, 3.8) is 0 Å². The van der Waals surface area contributed by atoms with E-state index in [0.717, 1.165) is 37.6 Å². The molecule has 6 nitrogen and oxygen atoms in total. The van der Waals surface area contributed by atoms with Gasteiger partial charge in [-0.3, -0.25) is 4.68 Å². The lowest BCUT2D eigenvalue weighted by atomic mass is 10.1. The van der Waals surface area contributed by atoms with E-state index in [-0.39, 0.29) is 24.0 Å². The minimum Gasteiger partial charge on any atom is -0.357 e. The minimum atomic E-state index is 0. The first kappa shape index (κ1) is 23.2. The summed E-state index contributed by atoms with van der Waals surface area (Å²) in [5.74, 6) is 0.804. The molecule has 0 radical (unpaired) electrons. The first-order valence-corrected chi connectivity index (χ1v) is 9.79. The fraction of sp³-hybridized carbons (Fsp3) is 0.286. The lowest BCUT2D eigenvalue weighted by molar-refractivity contribution is 0.680. The molecule has 154 valence electrons. The Morgan fingerprint density at radius 1 is 1.10 bits per heavy atom. The zero-order valence-electron chi connectivity index (χ0n) is 16.4. The number of nitrogens with zero attached hydrogens (tertiary/aromatic N) is 4. The molecule has 1 aromatic carbocycles. The highest BCUT2D eigenvalue weighted by molar-refractivity contribution is 14.0. The van der Waals surface area contributed by atoms with Gasteiger partial charge in [-0.25, -0.2) is 9.98 Å². The van der Waals surface area contributed by atoms with Crippen molar-refractivity contribution < 1.29 is 0 Å². The first-order valence-electron chi connectivity index (χ1n) is 9.41. The summed E-state index contributed by atoms with van der Waals surface area (Å²) < 4.78 is 1.92. The number of benzene rings is 1. The summed E-state index contributed by atoms with van der Waals surface area (Å²) in [7, 11) is 0. The molecule has 0 spiro atoms. The second-order valence-electron chi connectivity index (χ2n) is 6.33. The van der Waals surface area contributed by atoms with Crippen molar-refractivity contribution in [2.24, 2.45) is 4.99 Å². The van der Waals surface area contributed by atoms with Crippen molar-refractivity contribution in [1.29, 1.82) is 0 Å². The fourth-order valence-electron chi connectivity index (χ4n) is 2.82. The molecule has 0 fully saturated rings. The third-order valence-corrected chi connectivity index (χ3v) is 4.48. The molecule has 0 amide bonds. The zero-order valence-corrected chi connectivity index (χ0v) is 19.5. The molecule has 0 saturated heterocycles. The lowest BCUT2D eigenvalue weighted by Crippen LogP contribution is -2.38. The topological polar surface area (TPSA) is 67.1 Å². The Bertz CT molecular complexity index is 880. The van der Waals surface area contributed by atoms with Crippen LogP contribution in [0.25, 0.3) is 0 Å². The first-order chi connectivity index (χ1) is 13.7. The molecule has 2 heterocycles. The van der Waals surface area contributed by atoms with E-state index >= 15 is 0 Å². The largest absolute Gasteiger partial charge is 0.357 e. The molecular weight excluding hydrogens is 499 g/mol. The fourth-order valence-corrected chi connectivity index (χ4v) is 2.93. The van der Waals surface area contributed by atoms with Gasteiger partial charge in [-0.05, 0) is 42.2 Å². The maximum absolute atomic E-state index is 5.83. The highest BCUT2D eigenvalue weighted by atomic mass is 127. The number of halogens is 2. The number of aliphatic imine (C=N–C) groups is 1. The van der Waals surface area contributed by atoms with Gasteiger partial charge in [0.15, 0.2) is 5.96 Å². The third-order valence-electron chi connectivity index (χ3n) is 4.26. The Balaban J connectivity index is 0.00000300. The molecule has 2 aromatic heterocycles. The van der Waals surface area contributed by atoms with Crippen molar-refractivity contribution in [1.82, 2.24) is 25.4 Å². The van der Waals surface area contributed by atoms with Gasteiger partial charge in [-0.2, -0.15) is 5.10 Å². The average molecular weight is 525 g/mol. The van der Waals surface area contributed by atoms with Gasteiger partial charge in [0.1, 0.15) is 5.15 Å². The average Bonchev–Trinajstić information content (AvgIpc) is 3.22. The predicted molar refractivity (Wildman–Crippen MR) is 129 cm³/mol. The Labute approximate surface area is 193 Å². The summed E-state index contributed by atoms with van der Waals surface area (Å²) in [5, 5.41) is 11.5. The van der Waals surface area contributed by atoms with E-state index in [1.165, 1.54) is 11.1 Å². The highest BCUT2D eigenvalue weighted by Gasteiger charge is 2.04. The second kappa shape index (κ2) is 12.4. The van der Waals surface area contributed by atoms with Crippen molar-refractivity contribution in [2.45, 2.75) is 26.4 Å². The van der Waals surface area contributed by atoms with Crippen LogP contribution in [0.4, 0.5) is 0 Å². The SMILES string of the molecule is CCNC(=NCc1ccccc1Cn1cccn1)NCCc1ccc(Cl)nc1.I. The number of pyridine rings is 1. The van der Waals surface area contributed by atoms with E-state index < -0.39 is 0 Å². The van der Waals surface area contributed by atoms with Crippen LogP contribution >= 0.6 is 35.6 Å². The molecule has 3 aromatic rings. The molecule has 0 aliphatic rings. The van der Waals surface area contributed by atoms with E-state index in [9.17, 15) is 0 Å². The van der Waals surface area contributed by atoms with Gasteiger partial charge in [0.25, 0.3) is 0 Å². The number of nitrogens with one attached hydrogen (secondary N) is 2. The van der Waals surface area contributed by atoms with Crippen LogP contribution in [-0.2, 0) is 19.5 Å². The Morgan fingerprint density at radius 2 is 1.93 bits per heavy atom. The van der Waals surface area contributed by atoms with Crippen LogP contribution in [0.3, 0.4) is 0 Å². The Hall–Kier alpha value is -2.13. The third kappa shape index (κ3) is 7.66. The summed E-state index contributed by atoms with van der Waals surface area (Å²) in [6, 6.07) is 14.1. The van der Waals surface area contributed by atoms with Crippen LogP contribution < -0.4 is 10.6 Å². The summed E-state index contributed by atoms with van der Waals surface area (Å²) in [6.07, 6.45) is 6.42. The number of rotatable bonds is 8. The molecular formula is C21H26ClIN6. The molecule has 0 aliphatic heterocycles. The number of hydrogen-bond donors (Lipinski definition) is 2. The zero-order chi connectivity index (χ0) is 19.6. The predicted octanol–water partition coefficient (Wildman–Crippen LogP) is 3.90. The smallest absolute Gasteiger partial charge is 0.191 e. The van der Waals surface area contributed by atoms with E-state index in [1.54, 1.807) is 12.4 Å². The molecule has 8 heteroatoms. The molecule has 3 rings (SSSR count). The van der Waals surface area contributed by atoms with Gasteiger partial charge in [-0.15, -0.1) is 24.0 Å². The number of hydrogen-bond acceptors (Lipinski definition) is 3. The van der Waals surface area contributed by atoms with Crippen LogP contribution in [0, 0.1) is 0 Å². The molecule has 0 aliphatic carbocycles. The van der Waals surface area contributed by atoms with Gasteiger partial charge >= 0.3 is 0 Å². The summed E-state index contributed by atoms with van der Waals surface area (Å²) >= 11 is 5.83. The molecule has 0 atom stereocenters. The van der Waals surface area contributed by atoms with E-state index in [0.29, 0.717) is 11.7 Å². The molecule has 0 saturated carbocycles. The van der Waals surface area contributed by atoms with E-state index in [4.69, 9.17) is 16.6 Å². The number of aromatic nitrogens is 3. The van der Waals surface area contributed by atoms with Crippen LogP contribution in [-0.4, -0.2) is 33.8 Å². The monoisotopic (exact) mass is 524 g/mol. The highest BCUT2D eigenvalue weighted by Crippen LogP contribution is 2.11. The van der Waals surface area contributed by atoms with Crippen molar-refractivity contribution in [3.05, 3.63) is 82.9 Å². The van der Waals surface area contributed by atoms with Crippen molar-refractivity contribution >= 4 is 41.5 Å². The summed E-state index contributed by atoms with van der Waals surface area (Å²) in [5.41, 5.74) is 3.55. The quantitative estimate of drug-likeness (QED) is 0.203. The van der Waals surface area contributed by atoms with Crippen molar-refractivity contribution in [2.75, 3.05) is 13.1 Å².